The lowest BCUT2D eigenvalue weighted by molar-refractivity contribution is -0.167. The number of ether oxygens (including phenoxy) is 6. The van der Waals surface area contributed by atoms with E-state index in [0.29, 0.717) is 102 Å². The van der Waals surface area contributed by atoms with E-state index in [-0.39, 0.29) is 57.6 Å². The third-order valence-electron chi connectivity index (χ3n) is 9.37. The maximum Gasteiger partial charge on any atom is 0.419 e. The van der Waals surface area contributed by atoms with E-state index in [0.717, 1.165) is 0 Å². The van der Waals surface area contributed by atoms with E-state index in [1.54, 1.807) is 4.90 Å². The molecule has 1 saturated heterocycles. The molecule has 0 aliphatic carbocycles. The van der Waals surface area contributed by atoms with Crippen LogP contribution in [0.15, 0.2) is 36.4 Å². The van der Waals surface area contributed by atoms with E-state index in [1.807, 2.05) is 0 Å². The van der Waals surface area contributed by atoms with Crippen LogP contribution in [0.2, 0.25) is 0 Å². The molecule has 3 rings (SSSR count). The summed E-state index contributed by atoms with van der Waals surface area (Å²) < 4.78 is 189. The van der Waals surface area contributed by atoms with Crippen molar-refractivity contribution in [3.05, 3.63) is 58.7 Å². The molecule has 2 aromatic carbocycles. The molecule has 2 aromatic rings. The molecular weight excluding hydrogens is 878 g/mol. The number of alkyl halides is 12. The Morgan fingerprint density at radius 2 is 1.05 bits per heavy atom. The second-order valence-corrected chi connectivity index (χ2v) is 14.5. The van der Waals surface area contributed by atoms with Crippen molar-refractivity contribution in [2.45, 2.75) is 108 Å². The van der Waals surface area contributed by atoms with Crippen LogP contribution in [0, 0.1) is 0 Å². The minimum Gasteiger partial charge on any atom is -0.494 e. The van der Waals surface area contributed by atoms with Gasteiger partial charge in [-0.05, 0) is 62.1 Å². The lowest BCUT2D eigenvalue weighted by atomic mass is 10.1. The van der Waals surface area contributed by atoms with Gasteiger partial charge in [0.15, 0.2) is 6.10 Å². The molecule has 0 N–H and O–H groups in total. The van der Waals surface area contributed by atoms with E-state index >= 15 is 0 Å². The maximum atomic E-state index is 13.3. The highest BCUT2D eigenvalue weighted by molar-refractivity contribution is 5.72. The summed E-state index contributed by atoms with van der Waals surface area (Å²) in [5, 5.41) is 0. The fourth-order valence-electron chi connectivity index (χ4n) is 6.03. The molecule has 22 heteroatoms. The fraction of sp³-hybridized carbons (Fsp3) is 0.634. The zero-order valence-electron chi connectivity index (χ0n) is 34.0. The van der Waals surface area contributed by atoms with E-state index in [4.69, 9.17) is 28.4 Å². The van der Waals surface area contributed by atoms with Gasteiger partial charge in [-0.1, -0.05) is 38.5 Å². The van der Waals surface area contributed by atoms with E-state index in [1.165, 1.54) is 0 Å². The van der Waals surface area contributed by atoms with Crippen molar-refractivity contribution < 1.29 is 95.5 Å². The molecule has 356 valence electrons. The van der Waals surface area contributed by atoms with Crippen LogP contribution in [0.4, 0.5) is 52.7 Å². The zero-order chi connectivity index (χ0) is 46.7. The molecule has 63 heavy (non-hydrogen) atoms. The summed E-state index contributed by atoms with van der Waals surface area (Å²) in [4.78, 5) is 39.4. The Bertz CT molecular complexity index is 1690. The summed E-state index contributed by atoms with van der Waals surface area (Å²) in [6.07, 6.45) is -16.8. The minimum atomic E-state index is -5.08. The first-order chi connectivity index (χ1) is 29.5. The molecule has 1 unspecified atom stereocenters. The van der Waals surface area contributed by atoms with Gasteiger partial charge in [0.1, 0.15) is 24.7 Å². The number of hydrogen-bond acceptors (Lipinski definition) is 10. The molecule has 0 saturated carbocycles. The highest BCUT2D eigenvalue weighted by Gasteiger charge is 2.39. The van der Waals surface area contributed by atoms with Crippen LogP contribution < -0.4 is 9.47 Å². The van der Waals surface area contributed by atoms with Crippen LogP contribution >= 0.6 is 0 Å². The van der Waals surface area contributed by atoms with Gasteiger partial charge in [-0.2, -0.15) is 52.7 Å². The number of hydrogen-bond donors (Lipinski definition) is 0. The van der Waals surface area contributed by atoms with Crippen LogP contribution in [-0.4, -0.2) is 88.2 Å². The average molecular weight is 928 g/mol. The SMILES string of the molecule is O=C(CCCCCCCCOc1cc(C(F)(F)F)cc(C(F)(F)F)c1)OCC(COC(=O)CN1CCOCC1)OC(=O)CCCCCCOc1ccc(C(F)(F)F)cc1C(F)(F)F. The normalized spacial score (nSPS) is 14.5. The lowest BCUT2D eigenvalue weighted by Crippen LogP contribution is -2.41. The Labute approximate surface area is 355 Å². The van der Waals surface area contributed by atoms with Crippen molar-refractivity contribution in [2.24, 2.45) is 0 Å². The molecule has 0 radical (unpaired) electrons. The van der Waals surface area contributed by atoms with Gasteiger partial charge >= 0.3 is 42.6 Å². The first-order valence-corrected chi connectivity index (χ1v) is 20.2. The van der Waals surface area contributed by atoms with E-state index in [9.17, 15) is 67.1 Å². The number of benzene rings is 2. The van der Waals surface area contributed by atoms with E-state index < -0.39 is 95.7 Å². The molecule has 1 heterocycles. The molecule has 0 amide bonds. The fourth-order valence-corrected chi connectivity index (χ4v) is 6.03. The number of rotatable bonds is 25. The summed E-state index contributed by atoms with van der Waals surface area (Å²) in [6.45, 7) is 0.672. The number of halogens is 12. The molecule has 0 aromatic heterocycles. The van der Waals surface area contributed by atoms with Gasteiger partial charge in [0.2, 0.25) is 0 Å². The number of nitrogens with zero attached hydrogens (tertiary/aromatic N) is 1. The second-order valence-electron chi connectivity index (χ2n) is 14.5. The number of esters is 3. The molecule has 1 atom stereocenters. The Balaban J connectivity index is 1.36. The summed E-state index contributed by atoms with van der Waals surface area (Å²) in [5.41, 5.74) is -5.96. The van der Waals surface area contributed by atoms with Crippen molar-refractivity contribution >= 4 is 17.9 Å². The summed E-state index contributed by atoms with van der Waals surface area (Å²) in [7, 11) is 0. The highest BCUT2D eigenvalue weighted by atomic mass is 19.4. The molecule has 0 spiro atoms. The highest BCUT2D eigenvalue weighted by Crippen LogP contribution is 2.41. The zero-order valence-corrected chi connectivity index (χ0v) is 34.0. The largest absolute Gasteiger partial charge is 0.494 e. The van der Waals surface area contributed by atoms with Crippen LogP contribution in [-0.2, 0) is 58.0 Å². The number of unbranched alkanes of at least 4 members (excludes halogenated alkanes) is 8. The summed E-state index contributed by atoms with van der Waals surface area (Å²) in [6, 6.07) is 2.13. The molecule has 10 nitrogen and oxygen atoms in total. The standard InChI is InChI=1S/C41H49F12NO9/c42-38(43,44)28-13-14-34(33(24-28)41(51,52)53)60-18-10-6-4-8-12-36(56)63-32(27-62-37(57)25-54-15-19-58-20-16-54)26-61-35(55)11-7-3-1-2-5-9-17-59-31-22-29(39(45,46)47)21-30(23-31)40(48,49)50/h13-14,21-24,32H,1-12,15-20,25-27H2. The van der Waals surface area contributed by atoms with Gasteiger partial charge in [0, 0.05) is 25.9 Å². The smallest absolute Gasteiger partial charge is 0.419 e. The van der Waals surface area contributed by atoms with E-state index in [2.05, 4.69) is 0 Å². The van der Waals surface area contributed by atoms with Crippen molar-refractivity contribution in [3.8, 4) is 11.5 Å². The van der Waals surface area contributed by atoms with Crippen LogP contribution in [0.25, 0.3) is 0 Å². The van der Waals surface area contributed by atoms with Crippen molar-refractivity contribution in [3.63, 3.8) is 0 Å². The van der Waals surface area contributed by atoms with Crippen LogP contribution in [0.5, 0.6) is 11.5 Å². The van der Waals surface area contributed by atoms with Crippen molar-refractivity contribution in [1.82, 2.24) is 4.90 Å². The first kappa shape index (κ1) is 52.9. The quantitative estimate of drug-likeness (QED) is 0.0413. The number of carbonyl (C=O) groups excluding carboxylic acids is 3. The second kappa shape index (κ2) is 25.1. The third kappa shape index (κ3) is 20.7. The summed E-state index contributed by atoms with van der Waals surface area (Å²) in [5.74, 6) is -3.22. The topological polar surface area (TPSA) is 110 Å². The molecular formula is C41H49F12NO9. The Hall–Kier alpha value is -4.47. The average Bonchev–Trinajstić information content (AvgIpc) is 3.19. The van der Waals surface area contributed by atoms with Crippen LogP contribution in [0.3, 0.4) is 0 Å². The number of morpholine rings is 1. The maximum absolute atomic E-state index is 13.3. The Morgan fingerprint density at radius 1 is 0.556 bits per heavy atom. The predicted molar refractivity (Wildman–Crippen MR) is 198 cm³/mol. The van der Waals surface area contributed by atoms with Gasteiger partial charge in [-0.15, -0.1) is 0 Å². The first-order valence-electron chi connectivity index (χ1n) is 20.2. The molecule has 1 fully saturated rings. The van der Waals surface area contributed by atoms with Crippen LogP contribution in [0.1, 0.15) is 99.3 Å². The Morgan fingerprint density at radius 3 is 1.59 bits per heavy atom. The molecule has 1 aliphatic rings. The predicted octanol–water partition coefficient (Wildman–Crippen LogP) is 10.2. The van der Waals surface area contributed by atoms with Gasteiger partial charge in [-0.25, -0.2) is 0 Å². The minimum absolute atomic E-state index is 0.00220. The third-order valence-corrected chi connectivity index (χ3v) is 9.37. The van der Waals surface area contributed by atoms with Gasteiger partial charge < -0.3 is 28.4 Å². The van der Waals surface area contributed by atoms with Gasteiger partial charge in [0.25, 0.3) is 0 Å². The lowest BCUT2D eigenvalue weighted by Gasteiger charge is -2.25. The van der Waals surface area contributed by atoms with Crippen molar-refractivity contribution in [1.29, 1.82) is 0 Å². The van der Waals surface area contributed by atoms with Crippen molar-refractivity contribution in [2.75, 3.05) is 59.3 Å². The Kier molecular flexibility index (Phi) is 21.1. The summed E-state index contributed by atoms with van der Waals surface area (Å²) >= 11 is 0. The monoisotopic (exact) mass is 927 g/mol. The van der Waals surface area contributed by atoms with Gasteiger partial charge in [0.05, 0.1) is 55.2 Å². The number of carbonyl (C=O) groups is 3. The van der Waals surface area contributed by atoms with Gasteiger partial charge in [-0.3, -0.25) is 19.3 Å². The molecule has 0 bridgehead atoms. The molecule has 1 aliphatic heterocycles.